The standard InChI is InChI=1S/C10H11NOS/c1-7-5-8(6-13-7)10(11)9-3-2-4-12-9/h2-6,10H,11H2,1H3. The zero-order chi connectivity index (χ0) is 9.26. The van der Waals surface area contributed by atoms with E-state index in [2.05, 4.69) is 18.4 Å². The van der Waals surface area contributed by atoms with Crippen LogP contribution in [0.1, 0.15) is 22.2 Å². The first kappa shape index (κ1) is 8.53. The van der Waals surface area contributed by atoms with Crippen LogP contribution in [-0.4, -0.2) is 0 Å². The normalized spacial score (nSPS) is 13.1. The minimum Gasteiger partial charge on any atom is -0.467 e. The largest absolute Gasteiger partial charge is 0.467 e. The topological polar surface area (TPSA) is 39.2 Å². The molecule has 1 unspecified atom stereocenters. The fraction of sp³-hybridized carbons (Fsp3) is 0.200. The number of thiophene rings is 1. The Bertz CT molecular complexity index is 377. The fourth-order valence-corrected chi connectivity index (χ4v) is 2.00. The van der Waals surface area contributed by atoms with Gasteiger partial charge in [0.05, 0.1) is 12.3 Å². The predicted molar refractivity (Wildman–Crippen MR) is 53.8 cm³/mol. The van der Waals surface area contributed by atoms with Crippen molar-refractivity contribution in [3.8, 4) is 0 Å². The summed E-state index contributed by atoms with van der Waals surface area (Å²) in [6.45, 7) is 2.07. The van der Waals surface area contributed by atoms with Gasteiger partial charge in [0.15, 0.2) is 0 Å². The molecule has 0 aliphatic carbocycles. The molecule has 0 spiro atoms. The molecular weight excluding hydrogens is 182 g/mol. The number of nitrogens with two attached hydrogens (primary N) is 1. The molecule has 3 heteroatoms. The molecule has 0 saturated carbocycles. The van der Waals surface area contributed by atoms with E-state index < -0.39 is 0 Å². The second-order valence-corrected chi connectivity index (χ2v) is 4.10. The first-order chi connectivity index (χ1) is 6.27. The lowest BCUT2D eigenvalue weighted by Crippen LogP contribution is -2.09. The Morgan fingerprint density at radius 2 is 2.38 bits per heavy atom. The number of rotatable bonds is 2. The van der Waals surface area contributed by atoms with Gasteiger partial charge in [0, 0.05) is 4.88 Å². The van der Waals surface area contributed by atoms with E-state index in [-0.39, 0.29) is 6.04 Å². The summed E-state index contributed by atoms with van der Waals surface area (Å²) < 4.78 is 5.24. The Labute approximate surface area is 81.0 Å². The van der Waals surface area contributed by atoms with Crippen LogP contribution >= 0.6 is 11.3 Å². The van der Waals surface area contributed by atoms with Gasteiger partial charge in [-0.3, -0.25) is 0 Å². The van der Waals surface area contributed by atoms with Crippen LogP contribution in [0.5, 0.6) is 0 Å². The fourth-order valence-electron chi connectivity index (χ4n) is 1.26. The van der Waals surface area contributed by atoms with Crippen molar-refractivity contribution >= 4 is 11.3 Å². The highest BCUT2D eigenvalue weighted by Gasteiger charge is 2.12. The second kappa shape index (κ2) is 3.36. The van der Waals surface area contributed by atoms with Gasteiger partial charge < -0.3 is 10.2 Å². The summed E-state index contributed by atoms with van der Waals surface area (Å²) in [6.07, 6.45) is 1.65. The van der Waals surface area contributed by atoms with E-state index in [1.54, 1.807) is 17.6 Å². The Balaban J connectivity index is 2.28. The minimum absolute atomic E-state index is 0.125. The molecule has 0 bridgehead atoms. The third kappa shape index (κ3) is 1.66. The quantitative estimate of drug-likeness (QED) is 0.796. The summed E-state index contributed by atoms with van der Waals surface area (Å²) in [7, 11) is 0. The third-order valence-corrected chi connectivity index (χ3v) is 2.84. The summed E-state index contributed by atoms with van der Waals surface area (Å²) in [5.41, 5.74) is 7.11. The van der Waals surface area contributed by atoms with E-state index in [0.29, 0.717) is 0 Å². The maximum Gasteiger partial charge on any atom is 0.125 e. The summed E-state index contributed by atoms with van der Waals surface area (Å²) >= 11 is 1.71. The molecule has 1 atom stereocenters. The Kier molecular flexibility index (Phi) is 2.20. The number of hydrogen-bond acceptors (Lipinski definition) is 3. The first-order valence-electron chi connectivity index (χ1n) is 4.11. The highest BCUT2D eigenvalue weighted by Crippen LogP contribution is 2.24. The van der Waals surface area contributed by atoms with Crippen LogP contribution in [0.15, 0.2) is 34.3 Å². The van der Waals surface area contributed by atoms with Gasteiger partial charge in [0.2, 0.25) is 0 Å². The smallest absolute Gasteiger partial charge is 0.125 e. The molecule has 0 aliphatic rings. The Hall–Kier alpha value is -1.06. The molecule has 0 fully saturated rings. The maximum absolute atomic E-state index is 5.99. The van der Waals surface area contributed by atoms with Crippen LogP contribution in [0.4, 0.5) is 0 Å². The van der Waals surface area contributed by atoms with Crippen LogP contribution < -0.4 is 5.73 Å². The van der Waals surface area contributed by atoms with Crippen molar-refractivity contribution in [1.29, 1.82) is 0 Å². The average molecular weight is 193 g/mol. The van der Waals surface area contributed by atoms with Gasteiger partial charge in [0.25, 0.3) is 0 Å². The molecule has 0 aromatic carbocycles. The van der Waals surface area contributed by atoms with Gasteiger partial charge in [0.1, 0.15) is 5.76 Å². The molecule has 2 aromatic heterocycles. The SMILES string of the molecule is Cc1cc(C(N)c2ccco2)cs1. The first-order valence-corrected chi connectivity index (χ1v) is 4.99. The number of furan rings is 1. The van der Waals surface area contributed by atoms with Crippen LogP contribution in [0.25, 0.3) is 0 Å². The van der Waals surface area contributed by atoms with Gasteiger partial charge in [-0.15, -0.1) is 11.3 Å². The zero-order valence-corrected chi connectivity index (χ0v) is 8.17. The van der Waals surface area contributed by atoms with Gasteiger partial charge >= 0.3 is 0 Å². The van der Waals surface area contributed by atoms with Crippen LogP contribution in [0.2, 0.25) is 0 Å². The molecule has 0 radical (unpaired) electrons. The molecule has 2 nitrogen and oxygen atoms in total. The van der Waals surface area contributed by atoms with Gasteiger partial charge in [-0.25, -0.2) is 0 Å². The van der Waals surface area contributed by atoms with Crippen LogP contribution in [0, 0.1) is 6.92 Å². The van der Waals surface area contributed by atoms with Crippen molar-refractivity contribution < 1.29 is 4.42 Å². The lowest BCUT2D eigenvalue weighted by atomic mass is 10.1. The molecule has 2 N–H and O–H groups in total. The van der Waals surface area contributed by atoms with E-state index in [1.807, 2.05) is 12.1 Å². The van der Waals surface area contributed by atoms with E-state index in [1.165, 1.54) is 4.88 Å². The highest BCUT2D eigenvalue weighted by atomic mass is 32.1. The summed E-state index contributed by atoms with van der Waals surface area (Å²) in [4.78, 5) is 1.28. The zero-order valence-electron chi connectivity index (χ0n) is 7.36. The molecule has 2 aromatic rings. The van der Waals surface area contributed by atoms with Crippen molar-refractivity contribution in [2.45, 2.75) is 13.0 Å². The van der Waals surface area contributed by atoms with E-state index in [0.717, 1.165) is 11.3 Å². The number of aryl methyl sites for hydroxylation is 1. The average Bonchev–Trinajstić information content (AvgIpc) is 2.72. The van der Waals surface area contributed by atoms with E-state index >= 15 is 0 Å². The van der Waals surface area contributed by atoms with Crippen molar-refractivity contribution in [2.75, 3.05) is 0 Å². The highest BCUT2D eigenvalue weighted by molar-refractivity contribution is 7.10. The second-order valence-electron chi connectivity index (χ2n) is 2.98. The Morgan fingerprint density at radius 3 is 2.92 bits per heavy atom. The van der Waals surface area contributed by atoms with Gasteiger partial charge in [-0.2, -0.15) is 0 Å². The van der Waals surface area contributed by atoms with Crippen molar-refractivity contribution in [3.05, 3.63) is 46.0 Å². The molecule has 0 amide bonds. The van der Waals surface area contributed by atoms with Crippen molar-refractivity contribution in [2.24, 2.45) is 5.73 Å². The van der Waals surface area contributed by atoms with Crippen molar-refractivity contribution in [3.63, 3.8) is 0 Å². The minimum atomic E-state index is -0.125. The molecule has 2 rings (SSSR count). The number of hydrogen-bond donors (Lipinski definition) is 1. The molecular formula is C10H11NOS. The molecule has 68 valence electrons. The maximum atomic E-state index is 5.99. The van der Waals surface area contributed by atoms with Gasteiger partial charge in [-0.05, 0) is 36.1 Å². The van der Waals surface area contributed by atoms with Crippen LogP contribution in [-0.2, 0) is 0 Å². The predicted octanol–water partition coefficient (Wildman–Crippen LogP) is 2.70. The summed E-state index contributed by atoms with van der Waals surface area (Å²) in [6, 6.07) is 5.73. The van der Waals surface area contributed by atoms with Gasteiger partial charge in [-0.1, -0.05) is 0 Å². The molecule has 0 saturated heterocycles. The summed E-state index contributed by atoms with van der Waals surface area (Å²) in [5, 5.41) is 2.07. The third-order valence-electron chi connectivity index (χ3n) is 1.96. The van der Waals surface area contributed by atoms with Crippen LogP contribution in [0.3, 0.4) is 0 Å². The Morgan fingerprint density at radius 1 is 1.54 bits per heavy atom. The van der Waals surface area contributed by atoms with E-state index in [4.69, 9.17) is 10.2 Å². The molecule has 0 aliphatic heterocycles. The summed E-state index contributed by atoms with van der Waals surface area (Å²) in [5.74, 6) is 0.817. The molecule has 13 heavy (non-hydrogen) atoms. The molecule has 2 heterocycles. The lowest BCUT2D eigenvalue weighted by molar-refractivity contribution is 0.490. The lowest BCUT2D eigenvalue weighted by Gasteiger charge is -2.04. The van der Waals surface area contributed by atoms with E-state index in [9.17, 15) is 0 Å². The monoisotopic (exact) mass is 193 g/mol. The van der Waals surface area contributed by atoms with Crippen molar-refractivity contribution in [1.82, 2.24) is 0 Å².